The molecule has 0 fully saturated rings. The molecule has 0 radical (unpaired) electrons. The maximum absolute atomic E-state index is 12.4. The Hall–Kier alpha value is -1.54. The van der Waals surface area contributed by atoms with Crippen molar-refractivity contribution in [3.05, 3.63) is 34.4 Å². The lowest BCUT2D eigenvalue weighted by atomic mass is 10.00. The molecule has 0 amide bonds. The van der Waals surface area contributed by atoms with Gasteiger partial charge in [-0.15, -0.1) is 0 Å². The van der Waals surface area contributed by atoms with Gasteiger partial charge in [-0.05, 0) is 30.2 Å². The molecule has 0 bridgehead atoms. The molecular weight excluding hydrogens is 207 g/mol. The van der Waals surface area contributed by atoms with Crippen LogP contribution in [0.3, 0.4) is 0 Å². The van der Waals surface area contributed by atoms with Gasteiger partial charge < -0.3 is 5.11 Å². The second-order valence-electron chi connectivity index (χ2n) is 3.09. The normalized spacial score (nSPS) is 11.2. The largest absolute Gasteiger partial charge is 0.416 e. The lowest BCUT2D eigenvalue weighted by Crippen LogP contribution is -2.09. The predicted molar refractivity (Wildman–Crippen MR) is 46.8 cm³/mol. The summed E-state index contributed by atoms with van der Waals surface area (Å²) in [6.07, 6.45) is -4.46. The van der Waals surface area contributed by atoms with Gasteiger partial charge in [0.15, 0.2) is 0 Å². The third kappa shape index (κ3) is 2.28. The van der Waals surface area contributed by atoms with E-state index in [0.717, 1.165) is 12.1 Å². The van der Waals surface area contributed by atoms with Crippen LogP contribution < -0.4 is 0 Å². The fraction of sp³-hybridized carbons (Fsp3) is 0.300. The van der Waals surface area contributed by atoms with Gasteiger partial charge in [-0.2, -0.15) is 18.4 Å². The first-order valence-corrected chi connectivity index (χ1v) is 4.12. The first-order valence-electron chi connectivity index (χ1n) is 4.12. The summed E-state index contributed by atoms with van der Waals surface area (Å²) in [6.45, 7) is 0.705. The molecule has 1 N–H and O–H groups in total. The third-order valence-corrected chi connectivity index (χ3v) is 2.05. The van der Waals surface area contributed by atoms with E-state index in [0.29, 0.717) is 0 Å². The van der Waals surface area contributed by atoms with Crippen molar-refractivity contribution in [1.29, 1.82) is 5.26 Å². The number of benzene rings is 1. The van der Waals surface area contributed by atoms with Crippen LogP contribution in [0.15, 0.2) is 12.1 Å². The minimum Gasteiger partial charge on any atom is -0.392 e. The number of nitrogens with zero attached hydrogens (tertiary/aromatic N) is 1. The zero-order chi connectivity index (χ0) is 11.6. The summed E-state index contributed by atoms with van der Waals surface area (Å²) in [4.78, 5) is 0. The molecule has 0 unspecified atom stereocenters. The van der Waals surface area contributed by atoms with Crippen molar-refractivity contribution in [3.63, 3.8) is 0 Å². The summed E-state index contributed by atoms with van der Waals surface area (Å²) in [5.41, 5.74) is -0.764. The average Bonchev–Trinajstić information content (AvgIpc) is 2.15. The van der Waals surface area contributed by atoms with Crippen LogP contribution in [-0.2, 0) is 12.8 Å². The highest BCUT2D eigenvalue weighted by molar-refractivity contribution is 5.45. The molecule has 1 aromatic rings. The second kappa shape index (κ2) is 3.91. The van der Waals surface area contributed by atoms with Crippen LogP contribution in [0.25, 0.3) is 0 Å². The van der Waals surface area contributed by atoms with Crippen molar-refractivity contribution in [1.82, 2.24) is 0 Å². The van der Waals surface area contributed by atoms with E-state index in [9.17, 15) is 13.2 Å². The van der Waals surface area contributed by atoms with Crippen LogP contribution in [0, 0.1) is 18.3 Å². The molecule has 1 rings (SSSR count). The Bertz CT molecular complexity index is 418. The number of hydrogen-bond acceptors (Lipinski definition) is 2. The SMILES string of the molecule is Cc1cc(C#N)c(CO)cc1C(F)(F)F. The number of aliphatic hydroxyl groups is 1. The van der Waals surface area contributed by atoms with Crippen LogP contribution in [0.5, 0.6) is 0 Å². The van der Waals surface area contributed by atoms with Gasteiger partial charge in [0.2, 0.25) is 0 Å². The Morgan fingerprint density at radius 1 is 1.40 bits per heavy atom. The molecule has 0 atom stereocenters. The first-order chi connectivity index (χ1) is 6.90. The number of halogens is 3. The number of aliphatic hydroxyl groups excluding tert-OH is 1. The Kier molecular flexibility index (Phi) is 3.01. The van der Waals surface area contributed by atoms with E-state index in [2.05, 4.69) is 0 Å². The number of aryl methyl sites for hydroxylation is 1. The van der Waals surface area contributed by atoms with Gasteiger partial charge in [0.25, 0.3) is 0 Å². The molecular formula is C10H8F3NO. The summed E-state index contributed by atoms with van der Waals surface area (Å²) < 4.78 is 37.3. The van der Waals surface area contributed by atoms with Crippen molar-refractivity contribution in [2.24, 2.45) is 0 Å². The maximum Gasteiger partial charge on any atom is 0.416 e. The molecule has 0 aromatic heterocycles. The standard InChI is InChI=1S/C10H8F3NO/c1-6-2-7(4-14)8(5-15)3-9(6)10(11,12)13/h2-3,15H,5H2,1H3. The van der Waals surface area contributed by atoms with E-state index in [1.54, 1.807) is 6.07 Å². The number of rotatable bonds is 1. The first kappa shape index (κ1) is 11.5. The van der Waals surface area contributed by atoms with Gasteiger partial charge in [-0.1, -0.05) is 0 Å². The second-order valence-corrected chi connectivity index (χ2v) is 3.09. The molecule has 1 aromatic carbocycles. The Morgan fingerprint density at radius 3 is 2.40 bits per heavy atom. The van der Waals surface area contributed by atoms with E-state index >= 15 is 0 Å². The van der Waals surface area contributed by atoms with Gasteiger partial charge in [-0.3, -0.25) is 0 Å². The smallest absolute Gasteiger partial charge is 0.392 e. The van der Waals surface area contributed by atoms with E-state index in [1.165, 1.54) is 6.92 Å². The lowest BCUT2D eigenvalue weighted by Gasteiger charge is -2.12. The zero-order valence-corrected chi connectivity index (χ0v) is 7.89. The molecule has 0 aliphatic carbocycles. The van der Waals surface area contributed by atoms with Crippen molar-refractivity contribution in [3.8, 4) is 6.07 Å². The summed E-state index contributed by atoms with van der Waals surface area (Å²) >= 11 is 0. The summed E-state index contributed by atoms with van der Waals surface area (Å²) in [5.74, 6) is 0. The van der Waals surface area contributed by atoms with Crippen LogP contribution in [-0.4, -0.2) is 5.11 Å². The molecule has 0 heterocycles. The van der Waals surface area contributed by atoms with Crippen molar-refractivity contribution >= 4 is 0 Å². The Labute approximate surface area is 84.6 Å². The highest BCUT2D eigenvalue weighted by Gasteiger charge is 2.33. The molecule has 0 saturated carbocycles. The maximum atomic E-state index is 12.4. The summed E-state index contributed by atoms with van der Waals surface area (Å²) in [7, 11) is 0. The van der Waals surface area contributed by atoms with Crippen LogP contribution in [0.1, 0.15) is 22.3 Å². The van der Waals surface area contributed by atoms with Gasteiger partial charge >= 0.3 is 6.18 Å². The van der Waals surface area contributed by atoms with Crippen molar-refractivity contribution in [2.45, 2.75) is 19.7 Å². The zero-order valence-electron chi connectivity index (χ0n) is 7.89. The predicted octanol–water partition coefficient (Wildman–Crippen LogP) is 2.38. The fourth-order valence-electron chi connectivity index (χ4n) is 1.29. The lowest BCUT2D eigenvalue weighted by molar-refractivity contribution is -0.138. The minimum absolute atomic E-state index is 0.00424. The molecule has 2 nitrogen and oxygen atoms in total. The number of hydrogen-bond donors (Lipinski definition) is 1. The highest BCUT2D eigenvalue weighted by atomic mass is 19.4. The minimum atomic E-state index is -4.46. The number of alkyl halides is 3. The Morgan fingerprint density at radius 2 is 2.00 bits per heavy atom. The Balaban J connectivity index is 3.41. The third-order valence-electron chi connectivity index (χ3n) is 2.05. The molecule has 15 heavy (non-hydrogen) atoms. The molecule has 0 aliphatic heterocycles. The monoisotopic (exact) mass is 215 g/mol. The molecule has 0 spiro atoms. The topological polar surface area (TPSA) is 44.0 Å². The van der Waals surface area contributed by atoms with Gasteiger partial charge in [0, 0.05) is 0 Å². The summed E-state index contributed by atoms with van der Waals surface area (Å²) in [5, 5.41) is 17.4. The van der Waals surface area contributed by atoms with Crippen LogP contribution >= 0.6 is 0 Å². The van der Waals surface area contributed by atoms with Gasteiger partial charge in [-0.25, -0.2) is 0 Å². The summed E-state index contributed by atoms with van der Waals surface area (Å²) in [6, 6.07) is 3.69. The van der Waals surface area contributed by atoms with Gasteiger partial charge in [0.1, 0.15) is 0 Å². The van der Waals surface area contributed by atoms with E-state index in [4.69, 9.17) is 10.4 Å². The van der Waals surface area contributed by atoms with E-state index in [-0.39, 0.29) is 16.7 Å². The van der Waals surface area contributed by atoms with Crippen LogP contribution in [0.4, 0.5) is 13.2 Å². The quantitative estimate of drug-likeness (QED) is 0.781. The average molecular weight is 215 g/mol. The molecule has 0 aliphatic rings. The van der Waals surface area contributed by atoms with Crippen molar-refractivity contribution < 1.29 is 18.3 Å². The molecule has 0 saturated heterocycles. The number of nitriles is 1. The highest BCUT2D eigenvalue weighted by Crippen LogP contribution is 2.33. The van der Waals surface area contributed by atoms with Crippen molar-refractivity contribution in [2.75, 3.05) is 0 Å². The van der Waals surface area contributed by atoms with Crippen LogP contribution in [0.2, 0.25) is 0 Å². The fourth-order valence-corrected chi connectivity index (χ4v) is 1.29. The van der Waals surface area contributed by atoms with Gasteiger partial charge in [0.05, 0.1) is 23.8 Å². The van der Waals surface area contributed by atoms with E-state index in [1.807, 2.05) is 0 Å². The molecule has 5 heteroatoms. The van der Waals surface area contributed by atoms with E-state index < -0.39 is 18.3 Å². The molecule has 80 valence electrons.